The maximum Gasteiger partial charge on any atom is 0.244 e. The monoisotopic (exact) mass is 813 g/mol. The Morgan fingerprint density at radius 2 is 1.29 bits per heavy atom. The molecule has 0 aliphatic carbocycles. The van der Waals surface area contributed by atoms with E-state index in [1.807, 2.05) is 49.1 Å². The Bertz CT molecular complexity index is 2020. The molecule has 10 nitrogen and oxygen atoms in total. The van der Waals surface area contributed by atoms with Crippen molar-refractivity contribution in [2.75, 3.05) is 33.0 Å². The minimum Gasteiger partial charge on any atom is -0.506 e. The molecule has 0 spiro atoms. The van der Waals surface area contributed by atoms with Gasteiger partial charge in [0.05, 0.1) is 44.9 Å². The summed E-state index contributed by atoms with van der Waals surface area (Å²) in [6.45, 7) is 4.01. The molecule has 4 aromatic rings. The van der Waals surface area contributed by atoms with Crippen LogP contribution >= 0.6 is 31.9 Å². The van der Waals surface area contributed by atoms with E-state index in [1.54, 1.807) is 60.7 Å². The number of benzene rings is 4. The number of aromatic hydroxyl groups is 1. The summed E-state index contributed by atoms with van der Waals surface area (Å²) in [7, 11) is -7.95. The molecular formula is C34H33Br2N5O5S2. The summed E-state index contributed by atoms with van der Waals surface area (Å²) in [5.41, 5.74) is 2.21. The summed E-state index contributed by atoms with van der Waals surface area (Å²) in [4.78, 5) is 2.13. The fourth-order valence-corrected chi connectivity index (χ4v) is 10.4. The highest BCUT2D eigenvalue weighted by Crippen LogP contribution is 2.39. The van der Waals surface area contributed by atoms with Crippen LogP contribution in [0.2, 0.25) is 0 Å². The van der Waals surface area contributed by atoms with Gasteiger partial charge in [-0.15, -0.1) is 0 Å². The minimum absolute atomic E-state index is 0.0108. The lowest BCUT2D eigenvalue weighted by Crippen LogP contribution is -2.69. The van der Waals surface area contributed by atoms with Gasteiger partial charge in [-0.2, -0.15) is 18.8 Å². The average Bonchev–Trinajstić information content (AvgIpc) is 3.05. The Hall–Kier alpha value is -3.24. The Kier molecular flexibility index (Phi) is 9.79. The van der Waals surface area contributed by atoms with Crippen molar-refractivity contribution in [3.05, 3.63) is 122 Å². The number of hydrogen-bond acceptors (Lipinski definition) is 8. The molecule has 6 rings (SSSR count). The maximum atomic E-state index is 14.1. The highest BCUT2D eigenvalue weighted by Gasteiger charge is 2.53. The molecule has 4 aromatic carbocycles. The van der Waals surface area contributed by atoms with E-state index in [-0.39, 0.29) is 42.0 Å². The lowest BCUT2D eigenvalue weighted by atomic mass is 9.76. The Labute approximate surface area is 297 Å². The van der Waals surface area contributed by atoms with Crippen molar-refractivity contribution in [2.24, 2.45) is 15.6 Å². The third kappa shape index (κ3) is 6.93. The van der Waals surface area contributed by atoms with Gasteiger partial charge in [-0.3, -0.25) is 4.90 Å². The SMILES string of the molecule is Cc1ccc(S(=O)(=O)N2CN3CN(S(=O)(=O)c4ccc(C)cc4)CC(/C(=N\N=C\c4cc(Br)cc(Br)c4O)c4ccccc4)(C3)C2)cc1. The van der Waals surface area contributed by atoms with Crippen LogP contribution in [0.15, 0.2) is 120 Å². The van der Waals surface area contributed by atoms with E-state index < -0.39 is 25.5 Å². The van der Waals surface area contributed by atoms with Gasteiger partial charge in [-0.1, -0.05) is 81.7 Å². The van der Waals surface area contributed by atoms with E-state index in [4.69, 9.17) is 5.10 Å². The maximum absolute atomic E-state index is 14.1. The highest BCUT2D eigenvalue weighted by molar-refractivity contribution is 9.11. The topological polar surface area (TPSA) is 123 Å². The molecule has 250 valence electrons. The lowest BCUT2D eigenvalue weighted by molar-refractivity contribution is -0.00594. The van der Waals surface area contributed by atoms with Gasteiger partial charge < -0.3 is 5.11 Å². The number of aryl methyl sites for hydroxylation is 2. The van der Waals surface area contributed by atoms with Crippen LogP contribution in [-0.4, -0.2) is 80.4 Å². The first-order valence-electron chi connectivity index (χ1n) is 15.0. The molecule has 0 saturated carbocycles. The Morgan fingerprint density at radius 1 is 0.771 bits per heavy atom. The van der Waals surface area contributed by atoms with Gasteiger partial charge in [0.25, 0.3) is 0 Å². The first-order chi connectivity index (χ1) is 22.8. The molecule has 1 N–H and O–H groups in total. The predicted molar refractivity (Wildman–Crippen MR) is 193 cm³/mol. The average molecular weight is 816 g/mol. The van der Waals surface area contributed by atoms with Crippen molar-refractivity contribution in [3.8, 4) is 5.75 Å². The summed E-state index contributed by atoms with van der Waals surface area (Å²) in [5.74, 6) is -0.0242. The zero-order chi connectivity index (χ0) is 34.3. The molecule has 2 saturated heterocycles. The van der Waals surface area contributed by atoms with Crippen molar-refractivity contribution >= 4 is 63.8 Å². The molecule has 48 heavy (non-hydrogen) atoms. The molecule has 0 amide bonds. The summed E-state index contributed by atoms with van der Waals surface area (Å²) in [6, 6.07) is 26.0. The molecule has 2 heterocycles. The van der Waals surface area contributed by atoms with Gasteiger partial charge in [0.2, 0.25) is 20.0 Å². The number of halogens is 2. The van der Waals surface area contributed by atoms with Crippen molar-refractivity contribution in [1.82, 2.24) is 13.5 Å². The van der Waals surface area contributed by atoms with Gasteiger partial charge in [-0.05, 0) is 71.7 Å². The molecule has 2 aliphatic heterocycles. The fourth-order valence-electron chi connectivity index (χ4n) is 6.11. The third-order valence-electron chi connectivity index (χ3n) is 8.48. The van der Waals surface area contributed by atoms with Crippen LogP contribution in [0.1, 0.15) is 22.3 Å². The highest BCUT2D eigenvalue weighted by atomic mass is 79.9. The molecule has 0 unspecified atom stereocenters. The number of fused-ring (bicyclic) bond motifs is 2. The quantitative estimate of drug-likeness (QED) is 0.173. The summed E-state index contributed by atoms with van der Waals surface area (Å²) in [5, 5.41) is 19.7. The van der Waals surface area contributed by atoms with Gasteiger partial charge in [0.15, 0.2) is 0 Å². The van der Waals surface area contributed by atoms with E-state index in [2.05, 4.69) is 37.0 Å². The minimum atomic E-state index is -3.98. The number of hydrogen-bond donors (Lipinski definition) is 1. The largest absolute Gasteiger partial charge is 0.506 e. The third-order valence-corrected chi connectivity index (χ3v) is 13.1. The molecular weight excluding hydrogens is 782 g/mol. The first kappa shape index (κ1) is 34.6. The van der Waals surface area contributed by atoms with Crippen molar-refractivity contribution in [1.29, 1.82) is 0 Å². The molecule has 14 heteroatoms. The van der Waals surface area contributed by atoms with E-state index in [0.29, 0.717) is 32.3 Å². The van der Waals surface area contributed by atoms with Crippen LogP contribution in [0.25, 0.3) is 0 Å². The second-order valence-corrected chi connectivity index (χ2v) is 17.8. The number of phenolic OH excluding ortho intramolecular Hbond substituents is 1. The summed E-state index contributed by atoms with van der Waals surface area (Å²) in [6.07, 6.45) is 1.41. The van der Waals surface area contributed by atoms with E-state index in [1.165, 1.54) is 14.8 Å². The van der Waals surface area contributed by atoms with Crippen molar-refractivity contribution in [2.45, 2.75) is 23.6 Å². The molecule has 0 atom stereocenters. The van der Waals surface area contributed by atoms with Gasteiger partial charge in [-0.25, -0.2) is 16.8 Å². The van der Waals surface area contributed by atoms with Crippen molar-refractivity contribution < 1.29 is 21.9 Å². The predicted octanol–water partition coefficient (Wildman–Crippen LogP) is 5.97. The zero-order valence-electron chi connectivity index (χ0n) is 26.2. The Morgan fingerprint density at radius 3 is 1.81 bits per heavy atom. The Balaban J connectivity index is 1.49. The van der Waals surface area contributed by atoms with Crippen LogP contribution in [-0.2, 0) is 20.0 Å². The second-order valence-electron chi connectivity index (χ2n) is 12.1. The number of phenols is 1. The van der Waals surface area contributed by atoms with E-state index in [0.717, 1.165) is 11.1 Å². The molecule has 0 aromatic heterocycles. The van der Waals surface area contributed by atoms with E-state index >= 15 is 0 Å². The number of nitrogens with zero attached hydrogens (tertiary/aromatic N) is 5. The summed E-state index contributed by atoms with van der Waals surface area (Å²) < 4.78 is 60.5. The first-order valence-corrected chi connectivity index (χ1v) is 19.5. The van der Waals surface area contributed by atoms with Crippen LogP contribution < -0.4 is 0 Å². The van der Waals surface area contributed by atoms with Gasteiger partial charge in [0, 0.05) is 29.7 Å². The second kappa shape index (κ2) is 13.6. The van der Waals surface area contributed by atoms with Crippen LogP contribution in [0.5, 0.6) is 5.75 Å². The van der Waals surface area contributed by atoms with Gasteiger partial charge in [0.1, 0.15) is 5.75 Å². The van der Waals surface area contributed by atoms with E-state index in [9.17, 15) is 21.9 Å². The van der Waals surface area contributed by atoms with Crippen LogP contribution in [0.4, 0.5) is 0 Å². The zero-order valence-corrected chi connectivity index (χ0v) is 31.0. The summed E-state index contributed by atoms with van der Waals surface area (Å²) >= 11 is 6.77. The molecule has 2 bridgehead atoms. The fraction of sp³-hybridized carbons (Fsp3) is 0.235. The van der Waals surface area contributed by atoms with Crippen LogP contribution in [0.3, 0.4) is 0 Å². The number of sulfonamides is 2. The molecule has 0 radical (unpaired) electrons. The van der Waals surface area contributed by atoms with Gasteiger partial charge >= 0.3 is 0 Å². The lowest BCUT2D eigenvalue weighted by Gasteiger charge is -2.53. The van der Waals surface area contributed by atoms with Crippen molar-refractivity contribution in [3.63, 3.8) is 0 Å². The van der Waals surface area contributed by atoms with Crippen LogP contribution in [0, 0.1) is 19.3 Å². The molecule has 2 aliphatic rings. The smallest absolute Gasteiger partial charge is 0.244 e. The molecule has 2 fully saturated rings. The number of rotatable bonds is 8. The normalized spacial score (nSPS) is 21.1. The standard InChI is InChI=1S/C34H33Br2N5O5S2/c1-24-8-12-29(13-9-24)47(43,44)40-20-34(19-39(22-40)23-41(21-34)48(45,46)30-14-10-25(2)11-15-30)33(26-6-4-3-5-7-26)38-37-18-27-16-28(35)17-31(36)32(27)42/h3-18,42H,19-23H2,1-2H3/b37-18+,38-33-.